The highest BCUT2D eigenvalue weighted by molar-refractivity contribution is 5.96. The Morgan fingerprint density at radius 2 is 1.72 bits per heavy atom. The molecule has 0 N–H and O–H groups in total. The number of hydrogen-bond acceptors (Lipinski definition) is 3. The maximum Gasteiger partial charge on any atom is 0.128 e. The second-order valence-electron chi connectivity index (χ2n) is 8.67. The summed E-state index contributed by atoms with van der Waals surface area (Å²) in [5.41, 5.74) is 7.98. The van der Waals surface area contributed by atoms with E-state index < -0.39 is 0 Å². The molecule has 0 bridgehead atoms. The molecule has 162 valence electrons. The largest absolute Gasteiger partial charge is 0.457 e. The molecule has 2 aliphatic rings. The van der Waals surface area contributed by atoms with Crippen molar-refractivity contribution in [2.75, 3.05) is 11.4 Å². The predicted molar refractivity (Wildman–Crippen MR) is 133 cm³/mol. The molecule has 0 unspecified atom stereocenters. The number of hydrogen-bond donors (Lipinski definition) is 0. The number of fused-ring (bicyclic) bond motifs is 4. The van der Waals surface area contributed by atoms with Crippen molar-refractivity contribution in [2.24, 2.45) is 0 Å². The summed E-state index contributed by atoms with van der Waals surface area (Å²) in [5, 5.41) is 1.20. The number of anilines is 1. The third kappa shape index (κ3) is 3.51. The molecule has 0 radical (unpaired) electrons. The quantitative estimate of drug-likeness (QED) is 0.335. The van der Waals surface area contributed by atoms with Crippen LogP contribution in [-0.4, -0.2) is 11.5 Å². The lowest BCUT2D eigenvalue weighted by Gasteiger charge is -2.35. The van der Waals surface area contributed by atoms with E-state index in [1.54, 1.807) is 0 Å². The highest BCUT2D eigenvalue weighted by Gasteiger charge is 2.33. The number of aromatic nitrogens is 1. The summed E-state index contributed by atoms with van der Waals surface area (Å²) >= 11 is 0. The predicted octanol–water partition coefficient (Wildman–Crippen LogP) is 7.20. The standard InChI is InChI=1S/C28H26N2O.ClH/c1-19-23-16-17-30(27-13-7-9-20-8-5-6-12-24(20)27)28(23)25-18-22(14-15-26(25)29-19)31-21-10-3-2-4-11-21;/h2-6,8,10-12,14-15,18,27H,7,9,13,16-17H2,1H3;1H/t27-;/m0./s1. The molecule has 4 aromatic rings. The van der Waals surface area contributed by atoms with Crippen LogP contribution in [0.3, 0.4) is 0 Å². The number of pyridine rings is 1. The molecule has 0 spiro atoms. The van der Waals surface area contributed by atoms with E-state index in [1.807, 2.05) is 36.4 Å². The van der Waals surface area contributed by atoms with E-state index in [1.165, 1.54) is 47.0 Å². The number of ether oxygens (including phenoxy) is 1. The van der Waals surface area contributed by atoms with E-state index in [-0.39, 0.29) is 12.4 Å². The first-order valence-corrected chi connectivity index (χ1v) is 11.3. The summed E-state index contributed by atoms with van der Waals surface area (Å²) in [4.78, 5) is 7.59. The summed E-state index contributed by atoms with van der Waals surface area (Å²) in [6.45, 7) is 3.21. The van der Waals surface area contributed by atoms with Crippen LogP contribution in [0.15, 0.2) is 72.8 Å². The molecule has 6 rings (SSSR count). The fourth-order valence-corrected chi connectivity index (χ4v) is 5.41. The zero-order valence-electron chi connectivity index (χ0n) is 18.3. The van der Waals surface area contributed by atoms with Gasteiger partial charge in [-0.3, -0.25) is 4.98 Å². The van der Waals surface area contributed by atoms with Crippen LogP contribution >= 0.6 is 12.4 Å². The number of nitrogens with zero attached hydrogens (tertiary/aromatic N) is 2. The minimum absolute atomic E-state index is 0. The minimum atomic E-state index is 0. The lowest BCUT2D eigenvalue weighted by atomic mass is 9.86. The normalized spacial score (nSPS) is 16.9. The smallest absolute Gasteiger partial charge is 0.128 e. The third-order valence-electron chi connectivity index (χ3n) is 6.82. The topological polar surface area (TPSA) is 25.4 Å². The summed E-state index contributed by atoms with van der Waals surface area (Å²) in [6.07, 6.45) is 4.71. The van der Waals surface area contributed by atoms with Crippen LogP contribution < -0.4 is 9.64 Å². The third-order valence-corrected chi connectivity index (χ3v) is 6.82. The van der Waals surface area contributed by atoms with Crippen molar-refractivity contribution in [3.8, 4) is 11.5 Å². The van der Waals surface area contributed by atoms with Gasteiger partial charge < -0.3 is 9.64 Å². The summed E-state index contributed by atoms with van der Waals surface area (Å²) in [6, 6.07) is 25.8. The van der Waals surface area contributed by atoms with Gasteiger partial charge in [0.1, 0.15) is 11.5 Å². The van der Waals surface area contributed by atoms with Gasteiger partial charge in [0.2, 0.25) is 0 Å². The molecule has 1 atom stereocenters. The lowest BCUT2D eigenvalue weighted by molar-refractivity contribution is 0.483. The van der Waals surface area contributed by atoms with Crippen LogP contribution in [0.2, 0.25) is 0 Å². The van der Waals surface area contributed by atoms with E-state index in [4.69, 9.17) is 9.72 Å². The zero-order chi connectivity index (χ0) is 20.8. The Kier molecular flexibility index (Phi) is 5.52. The number of halogens is 1. The van der Waals surface area contributed by atoms with Gasteiger partial charge in [0, 0.05) is 17.6 Å². The van der Waals surface area contributed by atoms with E-state index in [2.05, 4.69) is 48.2 Å². The Morgan fingerprint density at radius 3 is 2.59 bits per heavy atom. The average Bonchev–Trinajstić information content (AvgIpc) is 3.26. The van der Waals surface area contributed by atoms with Crippen molar-refractivity contribution in [1.82, 2.24) is 4.98 Å². The van der Waals surface area contributed by atoms with E-state index in [9.17, 15) is 0 Å². The molecule has 4 heteroatoms. The molecule has 1 aliphatic carbocycles. The maximum atomic E-state index is 6.17. The maximum absolute atomic E-state index is 6.17. The number of benzene rings is 3. The molecule has 3 nitrogen and oxygen atoms in total. The number of aryl methyl sites for hydroxylation is 2. The van der Waals surface area contributed by atoms with Gasteiger partial charge in [0.05, 0.1) is 17.2 Å². The zero-order valence-corrected chi connectivity index (χ0v) is 19.1. The first-order chi connectivity index (χ1) is 15.3. The Bertz CT molecular complexity index is 1270. The molecule has 0 saturated heterocycles. The van der Waals surface area contributed by atoms with Gasteiger partial charge >= 0.3 is 0 Å². The second kappa shape index (κ2) is 8.48. The van der Waals surface area contributed by atoms with Crippen LogP contribution in [-0.2, 0) is 12.8 Å². The van der Waals surface area contributed by atoms with E-state index >= 15 is 0 Å². The monoisotopic (exact) mass is 442 g/mol. The first kappa shape index (κ1) is 20.8. The van der Waals surface area contributed by atoms with Crippen molar-refractivity contribution in [2.45, 2.75) is 38.6 Å². The Labute approximate surface area is 195 Å². The molecule has 1 aromatic heterocycles. The van der Waals surface area contributed by atoms with Gasteiger partial charge in [0.25, 0.3) is 0 Å². The molecule has 3 aromatic carbocycles. The van der Waals surface area contributed by atoms with E-state index in [0.29, 0.717) is 6.04 Å². The fraction of sp³-hybridized carbons (Fsp3) is 0.250. The Morgan fingerprint density at radius 1 is 0.906 bits per heavy atom. The van der Waals surface area contributed by atoms with Crippen LogP contribution in [0.1, 0.15) is 41.3 Å². The van der Waals surface area contributed by atoms with Crippen LogP contribution in [0.25, 0.3) is 10.9 Å². The van der Waals surface area contributed by atoms with Crippen molar-refractivity contribution in [3.63, 3.8) is 0 Å². The SMILES string of the molecule is Cc1nc2ccc(Oc3ccccc3)cc2c2c1CCN2[C@H]1CCCc2ccccc21.Cl. The van der Waals surface area contributed by atoms with Crippen LogP contribution in [0.4, 0.5) is 5.69 Å². The van der Waals surface area contributed by atoms with Crippen LogP contribution in [0, 0.1) is 6.92 Å². The van der Waals surface area contributed by atoms with Gasteiger partial charge in [-0.1, -0.05) is 42.5 Å². The molecule has 2 heterocycles. The molecule has 0 saturated carbocycles. The van der Waals surface area contributed by atoms with Crippen molar-refractivity contribution in [1.29, 1.82) is 0 Å². The Hall–Kier alpha value is -3.04. The van der Waals surface area contributed by atoms with Crippen molar-refractivity contribution in [3.05, 3.63) is 95.2 Å². The van der Waals surface area contributed by atoms with Gasteiger partial charge in [0.15, 0.2) is 0 Å². The molecule has 32 heavy (non-hydrogen) atoms. The first-order valence-electron chi connectivity index (χ1n) is 11.3. The van der Waals surface area contributed by atoms with Gasteiger partial charge in [-0.2, -0.15) is 0 Å². The van der Waals surface area contributed by atoms with Gasteiger partial charge in [-0.25, -0.2) is 0 Å². The molecule has 0 fully saturated rings. The highest BCUT2D eigenvalue weighted by atomic mass is 35.5. The van der Waals surface area contributed by atoms with Crippen molar-refractivity contribution >= 4 is 29.0 Å². The lowest BCUT2D eigenvalue weighted by Crippen LogP contribution is -2.29. The van der Waals surface area contributed by atoms with Crippen LogP contribution in [0.5, 0.6) is 11.5 Å². The van der Waals surface area contributed by atoms with E-state index in [0.717, 1.165) is 35.7 Å². The van der Waals surface area contributed by atoms with Gasteiger partial charge in [-0.15, -0.1) is 12.4 Å². The summed E-state index contributed by atoms with van der Waals surface area (Å²) in [5.74, 6) is 1.72. The van der Waals surface area contributed by atoms with Gasteiger partial charge in [-0.05, 0) is 79.6 Å². The number of rotatable bonds is 3. The molecule has 0 amide bonds. The molecular formula is C28H27ClN2O. The molecule has 1 aliphatic heterocycles. The minimum Gasteiger partial charge on any atom is -0.457 e. The molecular weight excluding hydrogens is 416 g/mol. The average molecular weight is 443 g/mol. The summed E-state index contributed by atoms with van der Waals surface area (Å²) in [7, 11) is 0. The summed E-state index contributed by atoms with van der Waals surface area (Å²) < 4.78 is 6.17. The second-order valence-corrected chi connectivity index (χ2v) is 8.67. The number of para-hydroxylation sites is 1. The fourth-order valence-electron chi connectivity index (χ4n) is 5.41. The van der Waals surface area contributed by atoms with Crippen molar-refractivity contribution < 1.29 is 4.74 Å². The Balaban J connectivity index is 0.00000216. The highest BCUT2D eigenvalue weighted by Crippen LogP contribution is 2.45.